The van der Waals surface area contributed by atoms with Crippen molar-refractivity contribution in [2.45, 2.75) is 20.4 Å². The molecule has 0 aliphatic carbocycles. The highest BCUT2D eigenvalue weighted by atomic mass is 16.4. The van der Waals surface area contributed by atoms with Gasteiger partial charge >= 0.3 is 6.01 Å². The molecule has 3 aromatic rings. The minimum atomic E-state index is 0.352. The third-order valence-electron chi connectivity index (χ3n) is 2.69. The van der Waals surface area contributed by atoms with Crippen molar-refractivity contribution in [3.8, 4) is 11.5 Å². The number of aryl methyl sites for hydroxylation is 2. The number of furan rings is 2. The highest BCUT2D eigenvalue weighted by Gasteiger charge is 2.14. The van der Waals surface area contributed by atoms with E-state index in [2.05, 4.69) is 15.5 Å². The number of rotatable bonds is 4. The first kappa shape index (κ1) is 11.6. The number of nitrogens with zero attached hydrogens (tertiary/aromatic N) is 2. The number of nitrogens with one attached hydrogen (secondary N) is 1. The van der Waals surface area contributed by atoms with Crippen LogP contribution in [0, 0.1) is 13.8 Å². The summed E-state index contributed by atoms with van der Waals surface area (Å²) in [5, 5.41) is 10.9. The van der Waals surface area contributed by atoms with Crippen LogP contribution in [-0.4, -0.2) is 10.2 Å². The molecule has 3 rings (SSSR count). The van der Waals surface area contributed by atoms with Crippen LogP contribution in [0.3, 0.4) is 0 Å². The fourth-order valence-electron chi connectivity index (χ4n) is 1.82. The van der Waals surface area contributed by atoms with Gasteiger partial charge in [-0.3, -0.25) is 0 Å². The van der Waals surface area contributed by atoms with E-state index in [1.54, 1.807) is 6.26 Å². The van der Waals surface area contributed by atoms with Crippen molar-refractivity contribution in [1.82, 2.24) is 10.2 Å². The Balaban J connectivity index is 1.74. The van der Waals surface area contributed by atoms with E-state index < -0.39 is 0 Å². The van der Waals surface area contributed by atoms with Gasteiger partial charge in [-0.1, -0.05) is 5.10 Å². The van der Waals surface area contributed by atoms with E-state index in [9.17, 15) is 0 Å². The van der Waals surface area contributed by atoms with Crippen molar-refractivity contribution in [3.05, 3.63) is 41.7 Å². The summed E-state index contributed by atoms with van der Waals surface area (Å²) in [7, 11) is 0. The van der Waals surface area contributed by atoms with Crippen LogP contribution >= 0.6 is 0 Å². The zero-order valence-electron chi connectivity index (χ0n) is 10.6. The fourth-order valence-corrected chi connectivity index (χ4v) is 1.82. The van der Waals surface area contributed by atoms with Crippen molar-refractivity contribution < 1.29 is 13.3 Å². The van der Waals surface area contributed by atoms with Crippen molar-refractivity contribution in [2.24, 2.45) is 0 Å². The normalized spacial score (nSPS) is 10.8. The predicted octanol–water partition coefficient (Wildman–Crippen LogP) is 3.15. The molecule has 0 atom stereocenters. The van der Waals surface area contributed by atoms with Crippen LogP contribution in [0.5, 0.6) is 0 Å². The van der Waals surface area contributed by atoms with Crippen molar-refractivity contribution in [2.75, 3.05) is 5.32 Å². The van der Waals surface area contributed by atoms with Gasteiger partial charge < -0.3 is 18.6 Å². The Hall–Kier alpha value is -2.50. The van der Waals surface area contributed by atoms with Crippen molar-refractivity contribution in [1.29, 1.82) is 0 Å². The van der Waals surface area contributed by atoms with E-state index in [0.717, 1.165) is 22.8 Å². The molecule has 3 aromatic heterocycles. The molecule has 0 aromatic carbocycles. The van der Waals surface area contributed by atoms with E-state index in [1.165, 1.54) is 0 Å². The van der Waals surface area contributed by atoms with E-state index in [0.29, 0.717) is 18.5 Å². The Morgan fingerprint density at radius 1 is 1.21 bits per heavy atom. The van der Waals surface area contributed by atoms with Gasteiger partial charge in [0, 0.05) is 0 Å². The lowest BCUT2D eigenvalue weighted by Crippen LogP contribution is -1.97. The molecule has 0 amide bonds. The molecule has 0 fully saturated rings. The maximum absolute atomic E-state index is 5.53. The molecule has 6 nitrogen and oxygen atoms in total. The van der Waals surface area contributed by atoms with E-state index in [1.807, 2.05) is 32.0 Å². The molecule has 0 unspecified atom stereocenters. The van der Waals surface area contributed by atoms with E-state index in [-0.39, 0.29) is 0 Å². The van der Waals surface area contributed by atoms with Crippen LogP contribution in [-0.2, 0) is 6.54 Å². The Morgan fingerprint density at radius 3 is 2.79 bits per heavy atom. The highest BCUT2D eigenvalue weighted by Crippen LogP contribution is 2.26. The second kappa shape index (κ2) is 4.64. The van der Waals surface area contributed by atoms with Crippen LogP contribution in [0.25, 0.3) is 11.5 Å². The summed E-state index contributed by atoms with van der Waals surface area (Å²) < 4.78 is 16.2. The highest BCUT2D eigenvalue weighted by molar-refractivity contribution is 5.56. The largest absolute Gasteiger partial charge is 0.467 e. The lowest BCUT2D eigenvalue weighted by molar-refractivity contribution is 0.501. The molecular formula is C13H13N3O3. The average molecular weight is 259 g/mol. The SMILES string of the molecule is Cc1cc(-c2nnc(NCc3ccco3)o2)c(C)o1. The molecule has 0 saturated carbocycles. The van der Waals surface area contributed by atoms with Crippen LogP contribution in [0.2, 0.25) is 0 Å². The first-order valence-corrected chi connectivity index (χ1v) is 5.89. The summed E-state index contributed by atoms with van der Waals surface area (Å²) >= 11 is 0. The Kier molecular flexibility index (Phi) is 2.83. The molecule has 0 aliphatic rings. The molecule has 19 heavy (non-hydrogen) atoms. The number of aromatic nitrogens is 2. The topological polar surface area (TPSA) is 77.2 Å². The monoisotopic (exact) mass is 259 g/mol. The van der Waals surface area contributed by atoms with Crippen LogP contribution in [0.1, 0.15) is 17.3 Å². The predicted molar refractivity (Wildman–Crippen MR) is 67.5 cm³/mol. The molecule has 0 saturated heterocycles. The minimum absolute atomic E-state index is 0.352. The summed E-state index contributed by atoms with van der Waals surface area (Å²) in [5.74, 6) is 2.82. The summed E-state index contributed by atoms with van der Waals surface area (Å²) in [6.45, 7) is 4.24. The van der Waals surface area contributed by atoms with Gasteiger partial charge in [0.15, 0.2) is 0 Å². The van der Waals surface area contributed by atoms with Crippen LogP contribution in [0.15, 0.2) is 37.7 Å². The molecule has 0 aliphatic heterocycles. The molecule has 6 heteroatoms. The molecule has 0 bridgehead atoms. The Bertz CT molecular complexity index is 667. The van der Waals surface area contributed by atoms with Gasteiger partial charge in [-0.2, -0.15) is 0 Å². The second-order valence-corrected chi connectivity index (χ2v) is 4.17. The van der Waals surface area contributed by atoms with Gasteiger partial charge in [-0.25, -0.2) is 0 Å². The van der Waals surface area contributed by atoms with Gasteiger partial charge in [0.25, 0.3) is 5.89 Å². The van der Waals surface area contributed by atoms with Gasteiger partial charge in [0.2, 0.25) is 0 Å². The van der Waals surface area contributed by atoms with E-state index >= 15 is 0 Å². The lowest BCUT2D eigenvalue weighted by Gasteiger charge is -1.96. The molecule has 3 heterocycles. The third kappa shape index (κ3) is 2.37. The first-order chi connectivity index (χ1) is 9.22. The molecule has 0 radical (unpaired) electrons. The number of hydrogen-bond donors (Lipinski definition) is 1. The summed E-state index contributed by atoms with van der Waals surface area (Å²) in [6, 6.07) is 5.92. The van der Waals surface area contributed by atoms with Gasteiger partial charge in [0.05, 0.1) is 18.4 Å². The van der Waals surface area contributed by atoms with Crippen molar-refractivity contribution >= 4 is 6.01 Å². The zero-order valence-corrected chi connectivity index (χ0v) is 10.6. The number of anilines is 1. The lowest BCUT2D eigenvalue weighted by atomic mass is 10.2. The maximum atomic E-state index is 5.53. The summed E-state index contributed by atoms with van der Waals surface area (Å²) in [5.41, 5.74) is 0.816. The molecule has 98 valence electrons. The van der Waals surface area contributed by atoms with Crippen LogP contribution < -0.4 is 5.32 Å². The van der Waals surface area contributed by atoms with Crippen molar-refractivity contribution in [3.63, 3.8) is 0 Å². The smallest absolute Gasteiger partial charge is 0.316 e. The number of hydrogen-bond acceptors (Lipinski definition) is 6. The second-order valence-electron chi connectivity index (χ2n) is 4.17. The maximum Gasteiger partial charge on any atom is 0.316 e. The van der Waals surface area contributed by atoms with Crippen LogP contribution in [0.4, 0.5) is 6.01 Å². The zero-order chi connectivity index (χ0) is 13.2. The quantitative estimate of drug-likeness (QED) is 0.775. The minimum Gasteiger partial charge on any atom is -0.467 e. The van der Waals surface area contributed by atoms with Gasteiger partial charge in [-0.15, -0.1) is 5.10 Å². The molecular weight excluding hydrogens is 246 g/mol. The Labute approximate surface area is 109 Å². The van der Waals surface area contributed by atoms with E-state index in [4.69, 9.17) is 13.3 Å². The van der Waals surface area contributed by atoms with Gasteiger partial charge in [0.1, 0.15) is 17.3 Å². The molecule has 1 N–H and O–H groups in total. The summed E-state index contributed by atoms with van der Waals surface area (Å²) in [6.07, 6.45) is 1.62. The standard InChI is InChI=1S/C13H13N3O3/c1-8-6-11(9(2)18-8)12-15-16-13(19-12)14-7-10-4-3-5-17-10/h3-6H,7H2,1-2H3,(H,14,16). The third-order valence-corrected chi connectivity index (χ3v) is 2.69. The average Bonchev–Trinajstić information content (AvgIpc) is 3.08. The molecule has 0 spiro atoms. The first-order valence-electron chi connectivity index (χ1n) is 5.89. The summed E-state index contributed by atoms with van der Waals surface area (Å²) in [4.78, 5) is 0. The fraction of sp³-hybridized carbons (Fsp3) is 0.231. The Morgan fingerprint density at radius 2 is 2.11 bits per heavy atom. The van der Waals surface area contributed by atoms with Gasteiger partial charge in [-0.05, 0) is 32.0 Å².